The van der Waals surface area contributed by atoms with E-state index in [1.54, 1.807) is 4.90 Å². The quantitative estimate of drug-likeness (QED) is 0.215. The zero-order chi connectivity index (χ0) is 27.2. The number of nitrogens with zero attached hydrogens (tertiary/aromatic N) is 3. The zero-order valence-electron chi connectivity index (χ0n) is 21.4. The molecule has 0 radical (unpaired) electrons. The van der Waals surface area contributed by atoms with Gasteiger partial charge in [0.2, 0.25) is 0 Å². The molecule has 0 saturated heterocycles. The van der Waals surface area contributed by atoms with Gasteiger partial charge >= 0.3 is 5.97 Å². The molecule has 1 heterocycles. The topological polar surface area (TPSA) is 102 Å². The number of hydrogen-bond donors (Lipinski definition) is 0. The van der Waals surface area contributed by atoms with Gasteiger partial charge in [-0.15, -0.1) is 11.8 Å². The minimum atomic E-state index is -1.14. The summed E-state index contributed by atoms with van der Waals surface area (Å²) in [5, 5.41) is 10.5. The summed E-state index contributed by atoms with van der Waals surface area (Å²) in [4.78, 5) is 42.3. The van der Waals surface area contributed by atoms with Gasteiger partial charge in [0.1, 0.15) is 5.75 Å². The van der Waals surface area contributed by atoms with E-state index in [4.69, 9.17) is 9.47 Å². The number of para-hydroxylation sites is 1. The van der Waals surface area contributed by atoms with Crippen LogP contribution < -0.4 is 9.64 Å². The lowest BCUT2D eigenvalue weighted by Gasteiger charge is -2.28. The van der Waals surface area contributed by atoms with E-state index in [9.17, 15) is 19.7 Å². The van der Waals surface area contributed by atoms with E-state index in [-0.39, 0.29) is 17.2 Å². The van der Waals surface area contributed by atoms with Crippen molar-refractivity contribution in [2.75, 3.05) is 38.7 Å². The average molecular weight is 536 g/mol. The molecular weight excluding hydrogens is 506 g/mol. The van der Waals surface area contributed by atoms with Crippen molar-refractivity contribution in [1.82, 2.24) is 4.90 Å². The predicted molar refractivity (Wildman–Crippen MR) is 146 cm³/mol. The molecular formula is C28H29N3O6S. The lowest BCUT2D eigenvalue weighted by molar-refractivity contribution is -0.384. The van der Waals surface area contributed by atoms with Gasteiger partial charge in [-0.25, -0.2) is 4.79 Å². The number of ether oxygens (including phenoxy) is 2. The third-order valence-corrected chi connectivity index (χ3v) is 7.41. The largest absolute Gasteiger partial charge is 0.494 e. The molecule has 0 bridgehead atoms. The van der Waals surface area contributed by atoms with Crippen molar-refractivity contribution in [3.8, 4) is 5.75 Å². The molecule has 4 rings (SSSR count). The van der Waals surface area contributed by atoms with Gasteiger partial charge in [-0.2, -0.15) is 0 Å². The van der Waals surface area contributed by atoms with Gasteiger partial charge in [0.15, 0.2) is 6.10 Å². The average Bonchev–Trinajstić information content (AvgIpc) is 3.02. The SMILES string of the molecule is CCOc1ccc([C@H]2Sc3ccccc3N(CCN(C)C)C(=O)[C@H]2OC(=O)c2ccc([N+](=O)[O-])cc2)cc1. The summed E-state index contributed by atoms with van der Waals surface area (Å²) in [6.45, 7) is 3.45. The summed E-state index contributed by atoms with van der Waals surface area (Å²) in [6, 6.07) is 20.2. The van der Waals surface area contributed by atoms with Crippen LogP contribution in [0.5, 0.6) is 5.75 Å². The van der Waals surface area contributed by atoms with Crippen LogP contribution in [0.2, 0.25) is 0 Å². The molecule has 0 aliphatic carbocycles. The van der Waals surface area contributed by atoms with Crippen LogP contribution in [-0.4, -0.2) is 61.6 Å². The molecule has 2 atom stereocenters. The third-order valence-electron chi connectivity index (χ3n) is 6.03. The Morgan fingerprint density at radius 3 is 2.37 bits per heavy atom. The number of carbonyl (C=O) groups is 2. The second kappa shape index (κ2) is 12.1. The van der Waals surface area contributed by atoms with Crippen molar-refractivity contribution in [1.29, 1.82) is 0 Å². The second-order valence-electron chi connectivity index (χ2n) is 8.93. The van der Waals surface area contributed by atoms with Crippen LogP contribution in [0.4, 0.5) is 11.4 Å². The van der Waals surface area contributed by atoms with Gasteiger partial charge in [-0.05, 0) is 63.0 Å². The fraction of sp³-hybridized carbons (Fsp3) is 0.286. The molecule has 38 heavy (non-hydrogen) atoms. The van der Waals surface area contributed by atoms with Crippen molar-refractivity contribution in [3.05, 3.63) is 94.0 Å². The molecule has 0 fully saturated rings. The molecule has 0 aromatic heterocycles. The number of carbonyl (C=O) groups excluding carboxylic acids is 2. The predicted octanol–water partition coefficient (Wildman–Crippen LogP) is 4.96. The highest BCUT2D eigenvalue weighted by molar-refractivity contribution is 7.99. The number of amides is 1. The van der Waals surface area contributed by atoms with E-state index in [0.717, 1.165) is 16.1 Å². The maximum atomic E-state index is 14.1. The van der Waals surface area contributed by atoms with Crippen molar-refractivity contribution >= 4 is 35.0 Å². The first-order valence-electron chi connectivity index (χ1n) is 12.2. The van der Waals surface area contributed by atoms with Gasteiger partial charge in [0.05, 0.1) is 28.0 Å². The Bertz CT molecular complexity index is 1300. The Balaban J connectivity index is 1.73. The van der Waals surface area contributed by atoms with Crippen molar-refractivity contribution in [3.63, 3.8) is 0 Å². The highest BCUT2D eigenvalue weighted by Gasteiger charge is 2.41. The minimum absolute atomic E-state index is 0.125. The number of nitro groups is 1. The molecule has 0 saturated carbocycles. The van der Waals surface area contributed by atoms with Crippen LogP contribution in [0.3, 0.4) is 0 Å². The van der Waals surface area contributed by atoms with Crippen LogP contribution in [-0.2, 0) is 9.53 Å². The first kappa shape index (κ1) is 27.2. The number of fused-ring (bicyclic) bond motifs is 1. The first-order chi connectivity index (χ1) is 18.3. The number of esters is 1. The minimum Gasteiger partial charge on any atom is -0.494 e. The summed E-state index contributed by atoms with van der Waals surface area (Å²) >= 11 is 1.46. The monoisotopic (exact) mass is 535 g/mol. The highest BCUT2D eigenvalue weighted by atomic mass is 32.2. The molecule has 3 aromatic carbocycles. The van der Waals surface area contributed by atoms with Gasteiger partial charge in [0, 0.05) is 30.1 Å². The Labute approximate surface area is 225 Å². The number of non-ortho nitro benzene ring substituents is 1. The number of nitro benzene ring substituents is 1. The van der Waals surface area contributed by atoms with E-state index in [2.05, 4.69) is 0 Å². The van der Waals surface area contributed by atoms with Crippen LogP contribution in [0, 0.1) is 10.1 Å². The lowest BCUT2D eigenvalue weighted by Crippen LogP contribution is -2.45. The van der Waals surface area contributed by atoms with Gasteiger partial charge in [-0.1, -0.05) is 24.3 Å². The maximum Gasteiger partial charge on any atom is 0.338 e. The molecule has 9 nitrogen and oxygen atoms in total. The fourth-order valence-corrected chi connectivity index (χ4v) is 5.41. The molecule has 198 valence electrons. The number of benzene rings is 3. The van der Waals surface area contributed by atoms with Gasteiger partial charge < -0.3 is 19.3 Å². The smallest absolute Gasteiger partial charge is 0.338 e. The Morgan fingerprint density at radius 2 is 1.74 bits per heavy atom. The summed E-state index contributed by atoms with van der Waals surface area (Å²) in [7, 11) is 3.86. The number of rotatable bonds is 9. The number of anilines is 1. The normalized spacial score (nSPS) is 17.1. The first-order valence-corrected chi connectivity index (χ1v) is 13.1. The standard InChI is InChI=1S/C28H29N3O6S/c1-4-36-22-15-11-19(12-16-22)26-25(37-28(33)20-9-13-21(14-10-20)31(34)35)27(32)30(18-17-29(2)3)23-7-5-6-8-24(23)38-26/h5-16,25-26H,4,17-18H2,1-3H3/t25-,26+/m0/s1. The highest BCUT2D eigenvalue weighted by Crippen LogP contribution is 2.47. The summed E-state index contributed by atoms with van der Waals surface area (Å²) in [5.41, 5.74) is 1.55. The summed E-state index contributed by atoms with van der Waals surface area (Å²) < 4.78 is 11.5. The number of thioether (sulfide) groups is 1. The van der Waals surface area contributed by atoms with E-state index in [1.807, 2.05) is 74.4 Å². The van der Waals surface area contributed by atoms with Crippen molar-refractivity contribution in [2.24, 2.45) is 0 Å². The Hall–Kier alpha value is -3.89. The third kappa shape index (κ3) is 6.15. The molecule has 0 spiro atoms. The lowest BCUT2D eigenvalue weighted by atomic mass is 10.0. The molecule has 10 heteroatoms. The fourth-order valence-electron chi connectivity index (χ4n) is 4.09. The Kier molecular flexibility index (Phi) is 8.65. The van der Waals surface area contributed by atoms with E-state index >= 15 is 0 Å². The molecule has 0 N–H and O–H groups in total. The van der Waals surface area contributed by atoms with Crippen LogP contribution in [0.25, 0.3) is 0 Å². The van der Waals surface area contributed by atoms with E-state index in [0.29, 0.717) is 25.4 Å². The van der Waals surface area contributed by atoms with E-state index < -0.39 is 22.2 Å². The second-order valence-corrected chi connectivity index (χ2v) is 10.1. The van der Waals surface area contributed by atoms with Gasteiger partial charge in [-0.3, -0.25) is 14.9 Å². The van der Waals surface area contributed by atoms with Crippen molar-refractivity contribution in [2.45, 2.75) is 23.2 Å². The molecule has 1 amide bonds. The summed E-state index contributed by atoms with van der Waals surface area (Å²) in [5.74, 6) is -0.361. The molecule has 3 aromatic rings. The van der Waals surface area contributed by atoms with E-state index in [1.165, 1.54) is 36.0 Å². The van der Waals surface area contributed by atoms with Crippen molar-refractivity contribution < 1.29 is 24.0 Å². The Morgan fingerprint density at radius 1 is 1.05 bits per heavy atom. The van der Waals surface area contributed by atoms with Crippen LogP contribution in [0.15, 0.2) is 77.7 Å². The number of likely N-dealkylation sites (N-methyl/N-ethyl adjacent to an activating group) is 1. The maximum absolute atomic E-state index is 14.1. The number of hydrogen-bond acceptors (Lipinski definition) is 8. The molecule has 1 aliphatic rings. The van der Waals surface area contributed by atoms with Crippen LogP contribution >= 0.6 is 11.8 Å². The molecule has 0 unspecified atom stereocenters. The summed E-state index contributed by atoms with van der Waals surface area (Å²) in [6.07, 6.45) is -1.14. The molecule has 1 aliphatic heterocycles. The van der Waals surface area contributed by atoms with Gasteiger partial charge in [0.25, 0.3) is 11.6 Å². The van der Waals surface area contributed by atoms with Crippen LogP contribution in [0.1, 0.15) is 28.1 Å². The zero-order valence-corrected chi connectivity index (χ0v) is 22.2.